The van der Waals surface area contributed by atoms with Crippen LogP contribution in [0.4, 0.5) is 0 Å². The van der Waals surface area contributed by atoms with E-state index in [-0.39, 0.29) is 11.7 Å². The second-order valence-corrected chi connectivity index (χ2v) is 4.89. The molecule has 2 heterocycles. The Labute approximate surface area is 75.6 Å². The molecule has 0 N–H and O–H groups in total. The summed E-state index contributed by atoms with van der Waals surface area (Å²) >= 11 is 0. The summed E-state index contributed by atoms with van der Waals surface area (Å²) in [6, 6.07) is 0. The summed E-state index contributed by atoms with van der Waals surface area (Å²) in [4.78, 5) is 0. The molecule has 72 valence electrons. The van der Waals surface area contributed by atoms with Crippen LogP contribution < -0.4 is 0 Å². The van der Waals surface area contributed by atoms with E-state index in [1.54, 1.807) is 0 Å². The summed E-state index contributed by atoms with van der Waals surface area (Å²) in [5.74, 6) is 0. The van der Waals surface area contributed by atoms with Crippen LogP contribution >= 0.6 is 0 Å². The Bertz CT molecular complexity index is 420. The van der Waals surface area contributed by atoms with Gasteiger partial charge in [0.2, 0.25) is 9.84 Å². The second-order valence-electron chi connectivity index (χ2n) is 2.97. The first-order valence-corrected chi connectivity index (χ1v) is 5.73. The number of nitrogens with zero attached hydrogens (tertiary/aromatic N) is 1. The molecule has 0 unspecified atom stereocenters. The molecule has 0 aliphatic carbocycles. The Balaban J connectivity index is 2.55. The maximum atomic E-state index is 11.2. The average Bonchev–Trinajstić information content (AvgIpc) is 2.45. The highest BCUT2D eigenvalue weighted by atomic mass is 32.2. The molecule has 5 nitrogen and oxygen atoms in total. The summed E-state index contributed by atoms with van der Waals surface area (Å²) in [6.07, 6.45) is 1.72. The van der Waals surface area contributed by atoms with E-state index in [0.717, 1.165) is 6.26 Å². The number of hydrogen-bond donors (Lipinski definition) is 0. The van der Waals surface area contributed by atoms with E-state index in [1.165, 1.54) is 0 Å². The Kier molecular flexibility index (Phi) is 1.88. The molecule has 0 saturated carbocycles. The van der Waals surface area contributed by atoms with Crippen LogP contribution in [-0.2, 0) is 27.6 Å². The molecule has 6 heteroatoms. The van der Waals surface area contributed by atoms with Crippen molar-refractivity contribution >= 4 is 9.84 Å². The topological polar surface area (TPSA) is 69.4 Å². The molecular weight excluding hydrogens is 194 g/mol. The van der Waals surface area contributed by atoms with E-state index in [4.69, 9.17) is 9.26 Å². The second kappa shape index (κ2) is 2.81. The van der Waals surface area contributed by atoms with Crippen molar-refractivity contribution in [2.75, 3.05) is 12.9 Å². The predicted octanol–water partition coefficient (Wildman–Crippen LogP) is 0.151. The molecule has 2 rings (SSSR count). The first-order valence-electron chi connectivity index (χ1n) is 3.84. The third-order valence-corrected chi connectivity index (χ3v) is 2.89. The fourth-order valence-electron chi connectivity index (χ4n) is 1.30. The van der Waals surface area contributed by atoms with Crippen molar-refractivity contribution in [3.63, 3.8) is 0 Å². The number of rotatable bonds is 1. The molecule has 0 amide bonds. The van der Waals surface area contributed by atoms with Crippen molar-refractivity contribution in [3.05, 3.63) is 11.3 Å². The van der Waals surface area contributed by atoms with E-state index in [1.807, 2.05) is 0 Å². The minimum Gasteiger partial charge on any atom is -0.376 e. The molecule has 0 atom stereocenters. The van der Waals surface area contributed by atoms with Gasteiger partial charge in [0.05, 0.1) is 24.5 Å². The first kappa shape index (κ1) is 8.71. The van der Waals surface area contributed by atoms with Gasteiger partial charge < -0.3 is 9.26 Å². The molecule has 13 heavy (non-hydrogen) atoms. The van der Waals surface area contributed by atoms with Gasteiger partial charge in [-0.3, -0.25) is 0 Å². The standard InChI is InChI=1S/C7H9NO4S/c1-13(9,10)7-5-4-11-3-2-6(5)8-12-7/h2-4H2,1H3. The lowest BCUT2D eigenvalue weighted by Crippen LogP contribution is -2.11. The molecule has 1 aliphatic rings. The summed E-state index contributed by atoms with van der Waals surface area (Å²) in [7, 11) is -3.31. The highest BCUT2D eigenvalue weighted by Gasteiger charge is 2.25. The maximum Gasteiger partial charge on any atom is 0.256 e. The van der Waals surface area contributed by atoms with Gasteiger partial charge in [-0.15, -0.1) is 0 Å². The van der Waals surface area contributed by atoms with Gasteiger partial charge in [-0.2, -0.15) is 0 Å². The number of fused-ring (bicyclic) bond motifs is 1. The molecule has 0 aromatic carbocycles. The van der Waals surface area contributed by atoms with E-state index in [0.29, 0.717) is 24.3 Å². The molecule has 0 spiro atoms. The predicted molar refractivity (Wildman–Crippen MR) is 43.0 cm³/mol. The van der Waals surface area contributed by atoms with Crippen LogP contribution in [0.25, 0.3) is 0 Å². The highest BCUT2D eigenvalue weighted by molar-refractivity contribution is 7.90. The van der Waals surface area contributed by atoms with Crippen LogP contribution in [0.1, 0.15) is 11.3 Å². The highest BCUT2D eigenvalue weighted by Crippen LogP contribution is 2.23. The number of hydrogen-bond acceptors (Lipinski definition) is 5. The fraction of sp³-hybridized carbons (Fsp3) is 0.571. The monoisotopic (exact) mass is 203 g/mol. The van der Waals surface area contributed by atoms with Gasteiger partial charge in [0, 0.05) is 12.7 Å². The zero-order chi connectivity index (χ0) is 9.47. The van der Waals surface area contributed by atoms with Crippen molar-refractivity contribution in [1.29, 1.82) is 0 Å². The molecule has 1 aromatic rings. The van der Waals surface area contributed by atoms with E-state index in [2.05, 4.69) is 5.16 Å². The van der Waals surface area contributed by atoms with Gasteiger partial charge in [-0.25, -0.2) is 8.42 Å². The van der Waals surface area contributed by atoms with Crippen molar-refractivity contribution in [2.45, 2.75) is 18.1 Å². The van der Waals surface area contributed by atoms with Crippen molar-refractivity contribution in [3.8, 4) is 0 Å². The van der Waals surface area contributed by atoms with Crippen LogP contribution in [0.15, 0.2) is 9.62 Å². The zero-order valence-electron chi connectivity index (χ0n) is 7.11. The van der Waals surface area contributed by atoms with Gasteiger partial charge >= 0.3 is 0 Å². The molecule has 0 bridgehead atoms. The lowest BCUT2D eigenvalue weighted by Gasteiger charge is -2.09. The van der Waals surface area contributed by atoms with Crippen LogP contribution in [-0.4, -0.2) is 26.4 Å². The van der Waals surface area contributed by atoms with Gasteiger partial charge in [-0.1, -0.05) is 5.16 Å². The largest absolute Gasteiger partial charge is 0.376 e. The van der Waals surface area contributed by atoms with Gasteiger partial charge in [-0.05, 0) is 0 Å². The van der Waals surface area contributed by atoms with E-state index in [9.17, 15) is 8.42 Å². The van der Waals surface area contributed by atoms with Crippen LogP contribution in [0.5, 0.6) is 0 Å². The molecule has 0 radical (unpaired) electrons. The Morgan fingerprint density at radius 2 is 2.23 bits per heavy atom. The maximum absolute atomic E-state index is 11.2. The van der Waals surface area contributed by atoms with E-state index < -0.39 is 9.84 Å². The molecular formula is C7H9NO4S. The Morgan fingerprint density at radius 1 is 1.46 bits per heavy atom. The molecule has 1 aromatic heterocycles. The number of ether oxygens (including phenoxy) is 1. The summed E-state index contributed by atoms with van der Waals surface area (Å²) in [5, 5.41) is 3.64. The third-order valence-electron chi connectivity index (χ3n) is 1.90. The minimum atomic E-state index is -3.31. The first-order chi connectivity index (χ1) is 6.09. The molecule has 0 saturated heterocycles. The Morgan fingerprint density at radius 3 is 2.92 bits per heavy atom. The minimum absolute atomic E-state index is 0.0535. The van der Waals surface area contributed by atoms with Crippen LogP contribution in [0.2, 0.25) is 0 Å². The zero-order valence-corrected chi connectivity index (χ0v) is 7.93. The van der Waals surface area contributed by atoms with Crippen molar-refractivity contribution in [1.82, 2.24) is 5.16 Å². The van der Waals surface area contributed by atoms with Crippen molar-refractivity contribution in [2.24, 2.45) is 0 Å². The quantitative estimate of drug-likeness (QED) is 0.649. The van der Waals surface area contributed by atoms with Crippen LogP contribution in [0.3, 0.4) is 0 Å². The average molecular weight is 203 g/mol. The lowest BCUT2D eigenvalue weighted by atomic mass is 10.2. The summed E-state index contributed by atoms with van der Waals surface area (Å²) < 4.78 is 32.2. The third kappa shape index (κ3) is 1.47. The van der Waals surface area contributed by atoms with Crippen LogP contribution in [0, 0.1) is 0 Å². The SMILES string of the molecule is CS(=O)(=O)c1onc2c1COCC2. The van der Waals surface area contributed by atoms with Gasteiger partial charge in [0.15, 0.2) is 0 Å². The van der Waals surface area contributed by atoms with Crippen molar-refractivity contribution < 1.29 is 17.7 Å². The number of sulfone groups is 1. The molecule has 1 aliphatic heterocycles. The summed E-state index contributed by atoms with van der Waals surface area (Å²) in [6.45, 7) is 0.851. The van der Waals surface area contributed by atoms with Gasteiger partial charge in [0.25, 0.3) is 5.09 Å². The fourth-order valence-corrected chi connectivity index (χ4v) is 2.09. The summed E-state index contributed by atoms with van der Waals surface area (Å²) in [5.41, 5.74) is 1.28. The normalized spacial score (nSPS) is 17.0. The molecule has 0 fully saturated rings. The number of aromatic nitrogens is 1. The smallest absolute Gasteiger partial charge is 0.256 e. The van der Waals surface area contributed by atoms with E-state index >= 15 is 0 Å². The lowest BCUT2D eigenvalue weighted by molar-refractivity contribution is 0.108. The van der Waals surface area contributed by atoms with Gasteiger partial charge in [0.1, 0.15) is 0 Å². The Hall–Kier alpha value is -0.880.